The standard InChI is InChI=1S/C18H28FN/c1-14(2)18(16-8-10-17(19)11-9-16)20-13-12-15-6-4-3-5-7-15/h8-11,14-15,18,20H,3-7,12-13H2,1-2H3. The molecule has 2 rings (SSSR count). The molecule has 1 aliphatic rings. The Labute approximate surface area is 123 Å². The van der Waals surface area contributed by atoms with Crippen LogP contribution in [0.15, 0.2) is 24.3 Å². The van der Waals surface area contributed by atoms with Gasteiger partial charge >= 0.3 is 0 Å². The summed E-state index contributed by atoms with van der Waals surface area (Å²) >= 11 is 0. The van der Waals surface area contributed by atoms with Crippen LogP contribution in [0.25, 0.3) is 0 Å². The molecule has 20 heavy (non-hydrogen) atoms. The minimum absolute atomic E-state index is 0.154. The molecule has 0 saturated heterocycles. The summed E-state index contributed by atoms with van der Waals surface area (Å²) in [7, 11) is 0. The lowest BCUT2D eigenvalue weighted by molar-refractivity contribution is 0.317. The van der Waals surface area contributed by atoms with E-state index in [2.05, 4.69) is 19.2 Å². The number of halogens is 1. The van der Waals surface area contributed by atoms with Crippen molar-refractivity contribution in [2.24, 2.45) is 11.8 Å². The van der Waals surface area contributed by atoms with Crippen LogP contribution >= 0.6 is 0 Å². The SMILES string of the molecule is CC(C)C(NCCC1CCCCC1)c1ccc(F)cc1. The molecule has 1 aromatic carbocycles. The van der Waals surface area contributed by atoms with E-state index < -0.39 is 0 Å². The summed E-state index contributed by atoms with van der Waals surface area (Å²) in [6, 6.07) is 7.28. The van der Waals surface area contributed by atoms with Crippen molar-refractivity contribution in [3.8, 4) is 0 Å². The average Bonchev–Trinajstić information content (AvgIpc) is 2.46. The first-order valence-corrected chi connectivity index (χ1v) is 8.15. The monoisotopic (exact) mass is 277 g/mol. The van der Waals surface area contributed by atoms with E-state index in [-0.39, 0.29) is 5.82 Å². The molecule has 2 heteroatoms. The van der Waals surface area contributed by atoms with Crippen molar-refractivity contribution in [3.63, 3.8) is 0 Å². The van der Waals surface area contributed by atoms with Gasteiger partial charge in [0.05, 0.1) is 0 Å². The van der Waals surface area contributed by atoms with Gasteiger partial charge in [0.1, 0.15) is 5.82 Å². The zero-order valence-electron chi connectivity index (χ0n) is 12.9. The second-order valence-corrected chi connectivity index (χ2v) is 6.52. The summed E-state index contributed by atoms with van der Waals surface area (Å²) in [6.45, 7) is 5.52. The van der Waals surface area contributed by atoms with Crippen LogP contribution in [0.4, 0.5) is 4.39 Å². The van der Waals surface area contributed by atoms with Gasteiger partial charge in [-0.25, -0.2) is 4.39 Å². The van der Waals surface area contributed by atoms with Gasteiger partial charge in [0.2, 0.25) is 0 Å². The lowest BCUT2D eigenvalue weighted by Gasteiger charge is -2.26. The maximum atomic E-state index is 13.0. The quantitative estimate of drug-likeness (QED) is 0.764. The van der Waals surface area contributed by atoms with Gasteiger partial charge in [-0.1, -0.05) is 58.1 Å². The Kier molecular flexibility index (Phi) is 6.03. The van der Waals surface area contributed by atoms with Gasteiger partial charge in [0, 0.05) is 6.04 Å². The average molecular weight is 277 g/mol. The van der Waals surface area contributed by atoms with Crippen molar-refractivity contribution in [3.05, 3.63) is 35.6 Å². The molecule has 1 atom stereocenters. The smallest absolute Gasteiger partial charge is 0.123 e. The Morgan fingerprint density at radius 1 is 1.10 bits per heavy atom. The number of hydrogen-bond donors (Lipinski definition) is 1. The van der Waals surface area contributed by atoms with Crippen LogP contribution in [0.3, 0.4) is 0 Å². The highest BCUT2D eigenvalue weighted by atomic mass is 19.1. The molecular formula is C18H28FN. The summed E-state index contributed by atoms with van der Waals surface area (Å²) < 4.78 is 13.0. The van der Waals surface area contributed by atoms with E-state index in [4.69, 9.17) is 0 Å². The summed E-state index contributed by atoms with van der Waals surface area (Å²) in [4.78, 5) is 0. The molecule has 0 radical (unpaired) electrons. The minimum atomic E-state index is -0.154. The number of benzene rings is 1. The minimum Gasteiger partial charge on any atom is -0.310 e. The van der Waals surface area contributed by atoms with E-state index >= 15 is 0 Å². The van der Waals surface area contributed by atoms with Gasteiger partial charge in [0.15, 0.2) is 0 Å². The van der Waals surface area contributed by atoms with E-state index in [9.17, 15) is 4.39 Å². The molecule has 1 unspecified atom stereocenters. The van der Waals surface area contributed by atoms with E-state index in [0.29, 0.717) is 12.0 Å². The van der Waals surface area contributed by atoms with Crippen LogP contribution in [0, 0.1) is 17.7 Å². The molecule has 1 saturated carbocycles. The van der Waals surface area contributed by atoms with Crippen molar-refractivity contribution in [1.82, 2.24) is 5.32 Å². The van der Waals surface area contributed by atoms with Crippen molar-refractivity contribution >= 4 is 0 Å². The number of rotatable bonds is 6. The third-order valence-corrected chi connectivity index (χ3v) is 4.54. The molecule has 0 aliphatic heterocycles. The Hall–Kier alpha value is -0.890. The Bertz CT molecular complexity index is 379. The molecule has 112 valence electrons. The molecule has 1 aromatic rings. The van der Waals surface area contributed by atoms with Crippen LogP contribution < -0.4 is 5.32 Å². The molecule has 0 amide bonds. The predicted molar refractivity (Wildman–Crippen MR) is 83.2 cm³/mol. The van der Waals surface area contributed by atoms with Crippen LogP contribution in [0.2, 0.25) is 0 Å². The van der Waals surface area contributed by atoms with Gasteiger partial charge in [-0.2, -0.15) is 0 Å². The zero-order chi connectivity index (χ0) is 14.4. The summed E-state index contributed by atoms with van der Waals surface area (Å²) in [5.41, 5.74) is 1.20. The number of nitrogens with one attached hydrogen (secondary N) is 1. The van der Waals surface area contributed by atoms with Crippen LogP contribution in [-0.2, 0) is 0 Å². The summed E-state index contributed by atoms with van der Waals surface area (Å²) in [6.07, 6.45) is 8.35. The Morgan fingerprint density at radius 3 is 2.35 bits per heavy atom. The van der Waals surface area contributed by atoms with E-state index in [1.165, 1.54) is 44.1 Å². The Morgan fingerprint density at radius 2 is 1.75 bits per heavy atom. The number of hydrogen-bond acceptors (Lipinski definition) is 1. The molecule has 0 heterocycles. The van der Waals surface area contributed by atoms with Crippen LogP contribution in [0.1, 0.15) is 64.0 Å². The van der Waals surface area contributed by atoms with Gasteiger partial charge in [0.25, 0.3) is 0 Å². The molecule has 0 spiro atoms. The highest BCUT2D eigenvalue weighted by Gasteiger charge is 2.17. The molecule has 1 nitrogen and oxygen atoms in total. The van der Waals surface area contributed by atoms with Crippen molar-refractivity contribution in [2.45, 2.75) is 58.4 Å². The molecule has 0 aromatic heterocycles. The predicted octanol–water partition coefficient (Wildman–Crippen LogP) is 5.08. The highest BCUT2D eigenvalue weighted by molar-refractivity contribution is 5.20. The maximum Gasteiger partial charge on any atom is 0.123 e. The molecule has 1 N–H and O–H groups in total. The third kappa shape index (κ3) is 4.59. The van der Waals surface area contributed by atoms with Crippen molar-refractivity contribution < 1.29 is 4.39 Å². The van der Waals surface area contributed by atoms with E-state index in [1.807, 2.05) is 12.1 Å². The summed E-state index contributed by atoms with van der Waals surface area (Å²) in [5.74, 6) is 1.28. The highest BCUT2D eigenvalue weighted by Crippen LogP contribution is 2.27. The third-order valence-electron chi connectivity index (χ3n) is 4.54. The van der Waals surface area contributed by atoms with Gasteiger partial charge in [-0.05, 0) is 42.5 Å². The van der Waals surface area contributed by atoms with E-state index in [1.54, 1.807) is 12.1 Å². The fourth-order valence-electron chi connectivity index (χ4n) is 3.33. The molecule has 1 aliphatic carbocycles. The fourth-order valence-corrected chi connectivity index (χ4v) is 3.33. The normalized spacial score (nSPS) is 18.4. The lowest BCUT2D eigenvalue weighted by atomic mass is 9.87. The lowest BCUT2D eigenvalue weighted by Crippen LogP contribution is -2.28. The first-order chi connectivity index (χ1) is 9.66. The molecule has 1 fully saturated rings. The van der Waals surface area contributed by atoms with Crippen LogP contribution in [-0.4, -0.2) is 6.54 Å². The van der Waals surface area contributed by atoms with Crippen molar-refractivity contribution in [1.29, 1.82) is 0 Å². The van der Waals surface area contributed by atoms with Crippen molar-refractivity contribution in [2.75, 3.05) is 6.54 Å². The topological polar surface area (TPSA) is 12.0 Å². The van der Waals surface area contributed by atoms with Gasteiger partial charge in [-0.3, -0.25) is 0 Å². The first kappa shape index (κ1) is 15.5. The maximum absolute atomic E-state index is 13.0. The second-order valence-electron chi connectivity index (χ2n) is 6.52. The van der Waals surface area contributed by atoms with E-state index in [0.717, 1.165) is 12.5 Å². The zero-order valence-corrected chi connectivity index (χ0v) is 12.9. The van der Waals surface area contributed by atoms with Crippen LogP contribution in [0.5, 0.6) is 0 Å². The molecular weight excluding hydrogens is 249 g/mol. The van der Waals surface area contributed by atoms with Gasteiger partial charge in [-0.15, -0.1) is 0 Å². The first-order valence-electron chi connectivity index (χ1n) is 8.15. The Balaban J connectivity index is 1.84. The van der Waals surface area contributed by atoms with Gasteiger partial charge < -0.3 is 5.32 Å². The second kappa shape index (κ2) is 7.78. The summed E-state index contributed by atoms with van der Waals surface area (Å²) in [5, 5.41) is 3.68. The fraction of sp³-hybridized carbons (Fsp3) is 0.667. The largest absolute Gasteiger partial charge is 0.310 e. The molecule has 0 bridgehead atoms.